The van der Waals surface area contributed by atoms with Crippen molar-refractivity contribution in [3.8, 4) is 28.2 Å². The predicted octanol–water partition coefficient (Wildman–Crippen LogP) is 8.98. The number of thiocarbonyl (C=S) groups is 1. The average Bonchev–Trinajstić information content (AvgIpc) is 3.19. The Hall–Kier alpha value is -6.01. The maximum absolute atomic E-state index is 12.3. The molecule has 300 valence electrons. The smallest absolute Gasteiger partial charge is 0.336 e. The summed E-state index contributed by atoms with van der Waals surface area (Å²) < 4.78 is 5.86. The lowest BCUT2D eigenvalue weighted by molar-refractivity contribution is -0.121. The number of phenolic OH excluding ortho intramolecular Hbond substituents is 1. The molecule has 2 aromatic rings. The minimum absolute atomic E-state index is 0.0182. The van der Waals surface area contributed by atoms with Crippen LogP contribution in [0.25, 0.3) is 33.4 Å². The number of nitrogens with one attached hydrogen (secondary N) is 4. The van der Waals surface area contributed by atoms with Gasteiger partial charge in [-0.05, 0) is 73.4 Å². The first-order valence-corrected chi connectivity index (χ1v) is 18.8. The quantitative estimate of drug-likeness (QED) is 0.0279. The van der Waals surface area contributed by atoms with Crippen molar-refractivity contribution in [2.75, 3.05) is 26.0 Å². The fraction of sp³-hybridized carbons (Fsp3) is 0.295. The molecular weight excluding hydrogens is 729 g/mol. The van der Waals surface area contributed by atoms with E-state index in [1.807, 2.05) is 0 Å². The number of carboxylic acid groups (broad SMARTS) is 1. The Morgan fingerprint density at radius 3 is 1.91 bits per heavy atom. The Balaban J connectivity index is 0.000000725. The molecule has 2 amide bonds. The molecule has 0 spiro atoms. The molecule has 2 aliphatic rings. The number of allylic oxidation sites excluding steroid dienone is 4. The molecule has 0 fully saturated rings. The van der Waals surface area contributed by atoms with E-state index in [0.717, 1.165) is 25.7 Å². The van der Waals surface area contributed by atoms with Crippen LogP contribution in [0.3, 0.4) is 0 Å². The number of amides is 2. The number of carboxylic acids is 1. The zero-order valence-corrected chi connectivity index (χ0v) is 33.6. The molecule has 0 aromatic heterocycles. The van der Waals surface area contributed by atoms with Gasteiger partial charge in [0.25, 0.3) is 0 Å². The normalized spacial score (nSPS) is 9.77. The lowest BCUT2D eigenvalue weighted by Crippen LogP contribution is -2.29. The van der Waals surface area contributed by atoms with Crippen molar-refractivity contribution in [2.45, 2.75) is 64.7 Å². The van der Waals surface area contributed by atoms with Gasteiger partial charge in [-0.3, -0.25) is 14.4 Å². The van der Waals surface area contributed by atoms with Gasteiger partial charge in [0.2, 0.25) is 11.8 Å². The van der Waals surface area contributed by atoms with Gasteiger partial charge in [0.05, 0.1) is 5.56 Å². The molecule has 12 heteroatoms. The van der Waals surface area contributed by atoms with Crippen molar-refractivity contribution in [2.24, 2.45) is 0 Å². The van der Waals surface area contributed by atoms with Crippen LogP contribution in [0.4, 0.5) is 5.69 Å². The van der Waals surface area contributed by atoms with Crippen LogP contribution < -0.4 is 26.7 Å². The molecule has 0 atom stereocenters. The standard InChI is InChI=1S/C28H27N3O6S.C8H17NO.2C4H6/c1-29-25(34)5-3-2-4-12-30-28(38)31-16-6-9-19(22(13-16)27(35)36)26-20-10-7-17(32)14-23(20)37-24-15-18(33)8-11-21(24)26;1-3-4-5-6-7-8(10)9-2;2*1-3-4-2/h6-11,13-15,32H,2-5,12H2,1H3,(H,29,34)(H,35,36)(H2,30,31,38);3-7H2,1-2H3,(H,9,10);2*3-4H,1-2H2. The second kappa shape index (κ2) is 27.6. The third kappa shape index (κ3) is 17.4. The third-order valence-electron chi connectivity index (χ3n) is 7.97. The summed E-state index contributed by atoms with van der Waals surface area (Å²) in [4.78, 5) is 46.3. The van der Waals surface area contributed by atoms with Gasteiger partial charge < -0.3 is 35.9 Å². The van der Waals surface area contributed by atoms with E-state index in [4.69, 9.17) is 16.6 Å². The zero-order valence-electron chi connectivity index (χ0n) is 32.7. The summed E-state index contributed by atoms with van der Waals surface area (Å²) in [5, 5.41) is 32.3. The number of carbonyl (C=O) groups is 3. The molecule has 11 nitrogen and oxygen atoms in total. The van der Waals surface area contributed by atoms with E-state index in [9.17, 15) is 29.4 Å². The fourth-order valence-electron chi connectivity index (χ4n) is 5.09. The Labute approximate surface area is 335 Å². The number of aromatic carboxylic acids is 1. The van der Waals surface area contributed by atoms with Gasteiger partial charge in [0.1, 0.15) is 17.1 Å². The van der Waals surface area contributed by atoms with Crippen LogP contribution in [-0.4, -0.2) is 53.7 Å². The minimum atomic E-state index is -1.14. The largest absolute Gasteiger partial charge is 0.508 e. The van der Waals surface area contributed by atoms with Crippen LogP contribution in [0.5, 0.6) is 5.75 Å². The summed E-state index contributed by atoms with van der Waals surface area (Å²) in [6, 6.07) is 13.8. The van der Waals surface area contributed by atoms with Crippen molar-refractivity contribution in [1.82, 2.24) is 16.0 Å². The number of hydrogen-bond acceptors (Lipinski definition) is 7. The summed E-state index contributed by atoms with van der Waals surface area (Å²) in [5.41, 5.74) is 2.15. The number of aromatic hydroxyl groups is 1. The predicted molar refractivity (Wildman–Crippen MR) is 234 cm³/mol. The first-order valence-electron chi connectivity index (χ1n) is 18.4. The number of rotatable bonds is 16. The molecule has 6 N–H and O–H groups in total. The van der Waals surface area contributed by atoms with Crippen LogP contribution >= 0.6 is 12.2 Å². The van der Waals surface area contributed by atoms with Crippen LogP contribution in [0, 0.1) is 0 Å². The first-order chi connectivity index (χ1) is 26.9. The zero-order chi connectivity index (χ0) is 41.9. The van der Waals surface area contributed by atoms with E-state index in [1.165, 1.54) is 49.6 Å². The van der Waals surface area contributed by atoms with E-state index >= 15 is 0 Å². The first kappa shape index (κ1) is 48.0. The van der Waals surface area contributed by atoms with Crippen LogP contribution in [0.2, 0.25) is 0 Å². The summed E-state index contributed by atoms with van der Waals surface area (Å²) in [6.45, 7) is 16.2. The van der Waals surface area contributed by atoms with Crippen molar-refractivity contribution in [3.63, 3.8) is 0 Å². The van der Waals surface area contributed by atoms with Gasteiger partial charge in [-0.25, -0.2) is 4.79 Å². The molecule has 0 saturated carbocycles. The van der Waals surface area contributed by atoms with Gasteiger partial charge in [-0.1, -0.05) is 89.3 Å². The highest BCUT2D eigenvalue weighted by Crippen LogP contribution is 2.42. The number of carbonyl (C=O) groups excluding carboxylic acids is 2. The van der Waals surface area contributed by atoms with E-state index in [0.29, 0.717) is 57.8 Å². The summed E-state index contributed by atoms with van der Waals surface area (Å²) in [6.07, 6.45) is 14.9. The van der Waals surface area contributed by atoms with Gasteiger partial charge >= 0.3 is 5.97 Å². The third-order valence-corrected chi connectivity index (χ3v) is 8.22. The Morgan fingerprint density at radius 1 is 0.768 bits per heavy atom. The Morgan fingerprint density at radius 2 is 1.36 bits per heavy atom. The lowest BCUT2D eigenvalue weighted by Gasteiger charge is -2.18. The number of unbranched alkanes of at least 4 members (excludes halogenated alkanes) is 5. The molecule has 2 aromatic carbocycles. The highest BCUT2D eigenvalue weighted by atomic mass is 32.1. The Kier molecular flexibility index (Phi) is 23.6. The maximum atomic E-state index is 12.3. The maximum Gasteiger partial charge on any atom is 0.336 e. The molecular formula is C44H56N4O7S. The van der Waals surface area contributed by atoms with Crippen LogP contribution in [0.15, 0.2) is 114 Å². The van der Waals surface area contributed by atoms with E-state index in [-0.39, 0.29) is 34.3 Å². The Bertz CT molecular complexity index is 1930. The van der Waals surface area contributed by atoms with E-state index in [2.05, 4.69) is 54.5 Å². The number of anilines is 1. The molecule has 0 radical (unpaired) electrons. The molecule has 1 aliphatic carbocycles. The van der Waals surface area contributed by atoms with Crippen molar-refractivity contribution in [1.29, 1.82) is 0 Å². The second-order valence-corrected chi connectivity index (χ2v) is 12.6. The second-order valence-electron chi connectivity index (χ2n) is 12.2. The number of hydrogen-bond donors (Lipinski definition) is 6. The number of phenols is 1. The van der Waals surface area contributed by atoms with Gasteiger partial charge in [0, 0.05) is 67.8 Å². The van der Waals surface area contributed by atoms with Crippen molar-refractivity contribution in [3.05, 3.63) is 121 Å². The number of fused-ring (bicyclic) bond motifs is 2. The molecule has 56 heavy (non-hydrogen) atoms. The minimum Gasteiger partial charge on any atom is -0.508 e. The topological polar surface area (TPSA) is 170 Å². The molecule has 0 unspecified atom stereocenters. The fourth-order valence-corrected chi connectivity index (χ4v) is 5.31. The van der Waals surface area contributed by atoms with Crippen LogP contribution in [0.1, 0.15) is 75.1 Å². The highest BCUT2D eigenvalue weighted by Gasteiger charge is 2.22. The molecule has 1 heterocycles. The monoisotopic (exact) mass is 784 g/mol. The number of benzene rings is 3. The summed E-state index contributed by atoms with van der Waals surface area (Å²) in [5.74, 6) is -0.691. The van der Waals surface area contributed by atoms with Gasteiger partial charge in [-0.15, -0.1) is 0 Å². The summed E-state index contributed by atoms with van der Waals surface area (Å²) >= 11 is 5.36. The average molecular weight is 785 g/mol. The molecule has 0 saturated heterocycles. The van der Waals surface area contributed by atoms with Crippen LogP contribution in [-0.2, 0) is 9.59 Å². The molecule has 1 aliphatic heterocycles. The molecule has 0 bridgehead atoms. The highest BCUT2D eigenvalue weighted by molar-refractivity contribution is 7.80. The van der Waals surface area contributed by atoms with Gasteiger partial charge in [0.15, 0.2) is 10.5 Å². The van der Waals surface area contributed by atoms with E-state index < -0.39 is 5.97 Å². The van der Waals surface area contributed by atoms with E-state index in [1.54, 1.807) is 62.7 Å². The van der Waals surface area contributed by atoms with Crippen molar-refractivity contribution >= 4 is 51.8 Å². The molecule has 4 rings (SSSR count). The lowest BCUT2D eigenvalue weighted by atomic mass is 9.90. The SMILES string of the molecule is C=CC=C.C=CC=C.CCCCCCC(=O)NC.CNC(=O)CCCCCNC(=S)Nc1ccc(-c2c3ccc(=O)cc-3oc3cc(O)ccc23)c(C(=O)O)c1. The van der Waals surface area contributed by atoms with Gasteiger partial charge in [-0.2, -0.15) is 0 Å². The summed E-state index contributed by atoms with van der Waals surface area (Å²) in [7, 11) is 3.30. The van der Waals surface area contributed by atoms with Crippen molar-refractivity contribution < 1.29 is 29.0 Å².